The van der Waals surface area contributed by atoms with Crippen molar-refractivity contribution in [3.63, 3.8) is 0 Å². The number of fused-ring (bicyclic) bond motifs is 1. The molecule has 36 heavy (non-hydrogen) atoms. The number of esters is 1. The molecule has 0 saturated heterocycles. The van der Waals surface area contributed by atoms with Gasteiger partial charge in [0.05, 0.1) is 11.2 Å². The van der Waals surface area contributed by atoms with Crippen LogP contribution < -0.4 is 0 Å². The van der Waals surface area contributed by atoms with Crippen molar-refractivity contribution in [2.45, 2.75) is 67.0 Å². The highest BCUT2D eigenvalue weighted by Crippen LogP contribution is 2.33. The van der Waals surface area contributed by atoms with Crippen LogP contribution in [0.25, 0.3) is 16.5 Å². The molecule has 0 bridgehead atoms. The summed E-state index contributed by atoms with van der Waals surface area (Å²) in [6.45, 7) is 12.0. The lowest BCUT2D eigenvalue weighted by Crippen LogP contribution is -2.33. The van der Waals surface area contributed by atoms with Gasteiger partial charge in [-0.15, -0.1) is 0 Å². The monoisotopic (exact) mass is 496 g/mol. The largest absolute Gasteiger partial charge is 0.508 e. The van der Waals surface area contributed by atoms with Crippen molar-refractivity contribution in [3.8, 4) is 5.75 Å². The molecule has 0 amide bonds. The molecule has 0 aliphatic carbocycles. The molecule has 1 aromatic carbocycles. The molecule has 2 atom stereocenters. The minimum absolute atomic E-state index is 0.150. The molecule has 7 heteroatoms. The first-order valence-electron chi connectivity index (χ1n) is 12.6. The Bertz CT molecular complexity index is 1180. The summed E-state index contributed by atoms with van der Waals surface area (Å²) in [6, 6.07) is 5.54. The second kappa shape index (κ2) is 12.8. The van der Waals surface area contributed by atoms with Crippen molar-refractivity contribution in [2.75, 3.05) is 20.7 Å². The number of phenols is 1. The third kappa shape index (κ3) is 6.59. The van der Waals surface area contributed by atoms with Crippen LogP contribution in [0.3, 0.4) is 0 Å². The summed E-state index contributed by atoms with van der Waals surface area (Å²) in [5.41, 5.74) is 4.61. The van der Waals surface area contributed by atoms with Crippen LogP contribution in [-0.2, 0) is 27.3 Å². The fourth-order valence-corrected chi connectivity index (χ4v) is 4.20. The third-order valence-corrected chi connectivity index (χ3v) is 6.30. The van der Waals surface area contributed by atoms with E-state index in [1.54, 1.807) is 18.2 Å². The molecule has 7 nitrogen and oxygen atoms in total. The lowest BCUT2D eigenvalue weighted by atomic mass is 9.91. The molecular weight excluding hydrogens is 456 g/mol. The maximum atomic E-state index is 12.1. The predicted octanol–water partition coefficient (Wildman–Crippen LogP) is 4.82. The molecule has 0 radical (unpaired) electrons. The number of hydrogen-bond acceptors (Lipinski definition) is 7. The highest BCUT2D eigenvalue weighted by atomic mass is 16.5. The number of cyclic esters (lactones) is 1. The van der Waals surface area contributed by atoms with E-state index < -0.39 is 12.1 Å². The van der Waals surface area contributed by atoms with Gasteiger partial charge in [-0.05, 0) is 69.6 Å². The van der Waals surface area contributed by atoms with Crippen LogP contribution in [0.4, 0.5) is 0 Å². The van der Waals surface area contributed by atoms with E-state index in [-0.39, 0.29) is 29.3 Å². The summed E-state index contributed by atoms with van der Waals surface area (Å²) < 4.78 is 4.95. The van der Waals surface area contributed by atoms with Crippen molar-refractivity contribution in [3.05, 3.63) is 52.2 Å². The Labute approximate surface area is 214 Å². The highest BCUT2D eigenvalue weighted by molar-refractivity contribution is 5.99. The topological polar surface area (TPSA) is 100.0 Å². The molecule has 196 valence electrons. The van der Waals surface area contributed by atoms with Gasteiger partial charge >= 0.3 is 5.97 Å². The Balaban J connectivity index is 0.00000222. The minimum Gasteiger partial charge on any atom is -0.508 e. The number of allylic oxidation sites excluding steroid dienone is 1. The van der Waals surface area contributed by atoms with Crippen LogP contribution in [-0.4, -0.2) is 58.7 Å². The first kappa shape index (κ1) is 29.2. The van der Waals surface area contributed by atoms with E-state index in [0.717, 1.165) is 46.1 Å². The Kier molecular flexibility index (Phi) is 10.4. The number of benzene rings is 1. The van der Waals surface area contributed by atoms with Gasteiger partial charge in [-0.25, -0.2) is 9.78 Å². The number of carbonyl (C=O) groups is 2. The number of aromatic hydroxyl groups is 1. The first-order valence-corrected chi connectivity index (χ1v) is 12.6. The molecule has 0 fully saturated rings. The average Bonchev–Trinajstić information content (AvgIpc) is 2.84. The fraction of sp³-hybridized carbons (Fsp3) is 0.483. The van der Waals surface area contributed by atoms with Crippen LogP contribution in [0.1, 0.15) is 64.8 Å². The van der Waals surface area contributed by atoms with Gasteiger partial charge in [0.1, 0.15) is 12.4 Å². The molecule has 1 aliphatic rings. The molecule has 1 aliphatic heterocycles. The number of Topliss-reactive ketones (excluding diaryl/α,β-unsaturated/α-hetero) is 1. The van der Waals surface area contributed by atoms with Gasteiger partial charge in [0.25, 0.3) is 0 Å². The number of phenolic OH excluding ortho intramolecular Hbond substituents is 1. The molecule has 1 unspecified atom stereocenters. The number of pyridine rings is 1. The van der Waals surface area contributed by atoms with E-state index in [9.17, 15) is 19.8 Å². The van der Waals surface area contributed by atoms with E-state index in [1.807, 2.05) is 39.8 Å². The van der Waals surface area contributed by atoms with Gasteiger partial charge < -0.3 is 19.8 Å². The average molecular weight is 497 g/mol. The van der Waals surface area contributed by atoms with Crippen molar-refractivity contribution in [1.82, 2.24) is 9.88 Å². The summed E-state index contributed by atoms with van der Waals surface area (Å²) in [5, 5.41) is 21.9. The number of ketones is 1. The van der Waals surface area contributed by atoms with Crippen LogP contribution in [0.2, 0.25) is 0 Å². The van der Waals surface area contributed by atoms with Crippen molar-refractivity contribution in [1.29, 1.82) is 0 Å². The Hall–Kier alpha value is -3.03. The second-order valence-electron chi connectivity index (χ2n) is 9.41. The van der Waals surface area contributed by atoms with Crippen LogP contribution in [0.5, 0.6) is 5.75 Å². The Morgan fingerprint density at radius 2 is 1.94 bits per heavy atom. The van der Waals surface area contributed by atoms with Crippen molar-refractivity contribution < 1.29 is 24.5 Å². The quantitative estimate of drug-likeness (QED) is 0.505. The number of rotatable bonds is 8. The lowest BCUT2D eigenvalue weighted by molar-refractivity contribution is -0.152. The minimum atomic E-state index is -1.51. The fourth-order valence-electron chi connectivity index (χ4n) is 4.20. The molecular formula is C29H40N2O5. The van der Waals surface area contributed by atoms with E-state index >= 15 is 0 Å². The highest BCUT2D eigenvalue weighted by Gasteiger charge is 2.31. The SMILES string of the molecule is CC.CCC(C)Cc1cc2c(CN(C)C)c(O)ccc2nc1/C(C)=C/C1=C(C(C)=O)COC(=O)[C@H]1O. The molecule has 2 N–H and O–H groups in total. The standard InChI is InChI=1S/C27H34N2O5.C2H6/c1-7-15(2)10-18-12-19-21(13-29(5)6)24(31)9-8-23(19)28-25(18)16(3)11-20-22(17(4)30)14-34-27(33)26(20)32;1-2/h8-9,11-12,15,26,31-32H,7,10,13-14H2,1-6H3;1-2H3/b16-11+;/t15?,26-;/m0./s1. The molecule has 0 spiro atoms. The number of ether oxygens (including phenoxy) is 1. The van der Waals surface area contributed by atoms with Gasteiger partial charge in [-0.1, -0.05) is 40.2 Å². The number of aliphatic hydroxyl groups is 1. The molecule has 3 rings (SSSR count). The zero-order chi connectivity index (χ0) is 27.2. The van der Waals surface area contributed by atoms with Crippen molar-refractivity contribution in [2.24, 2.45) is 5.92 Å². The smallest absolute Gasteiger partial charge is 0.340 e. The number of nitrogens with zero attached hydrogens (tertiary/aromatic N) is 2. The molecule has 1 aromatic heterocycles. The molecule has 2 heterocycles. The van der Waals surface area contributed by atoms with Crippen molar-refractivity contribution >= 4 is 28.2 Å². The normalized spacial score (nSPS) is 17.1. The van der Waals surface area contributed by atoms with E-state index in [1.165, 1.54) is 6.92 Å². The summed E-state index contributed by atoms with van der Waals surface area (Å²) in [5.74, 6) is -0.375. The Morgan fingerprint density at radius 3 is 2.53 bits per heavy atom. The van der Waals surface area contributed by atoms with Gasteiger partial charge in [-0.3, -0.25) is 4.79 Å². The summed E-state index contributed by atoms with van der Waals surface area (Å²) in [4.78, 5) is 31.1. The van der Waals surface area contributed by atoms with Gasteiger partial charge in [0.2, 0.25) is 0 Å². The van der Waals surface area contributed by atoms with E-state index in [4.69, 9.17) is 9.72 Å². The lowest BCUT2D eigenvalue weighted by Gasteiger charge is -2.22. The summed E-state index contributed by atoms with van der Waals surface area (Å²) in [7, 11) is 3.90. The van der Waals surface area contributed by atoms with E-state index in [0.29, 0.717) is 12.5 Å². The maximum Gasteiger partial charge on any atom is 0.340 e. The zero-order valence-corrected chi connectivity index (χ0v) is 22.8. The number of carbonyl (C=O) groups excluding carboxylic acids is 2. The molecule has 2 aromatic rings. The summed E-state index contributed by atoms with van der Waals surface area (Å²) in [6.07, 6.45) is 1.94. The predicted molar refractivity (Wildman–Crippen MR) is 144 cm³/mol. The van der Waals surface area contributed by atoms with E-state index in [2.05, 4.69) is 19.9 Å². The zero-order valence-electron chi connectivity index (χ0n) is 22.8. The van der Waals surface area contributed by atoms with Gasteiger partial charge in [0.15, 0.2) is 11.9 Å². The summed E-state index contributed by atoms with van der Waals surface area (Å²) >= 11 is 0. The third-order valence-electron chi connectivity index (χ3n) is 6.30. The number of aliphatic hydroxyl groups excluding tert-OH is 1. The second-order valence-corrected chi connectivity index (χ2v) is 9.41. The maximum absolute atomic E-state index is 12.1. The van der Waals surface area contributed by atoms with Crippen LogP contribution in [0.15, 0.2) is 35.4 Å². The molecule has 0 saturated carbocycles. The number of hydrogen-bond donors (Lipinski definition) is 2. The Morgan fingerprint density at radius 1 is 1.28 bits per heavy atom. The number of aromatic nitrogens is 1. The van der Waals surface area contributed by atoms with Crippen LogP contribution >= 0.6 is 0 Å². The van der Waals surface area contributed by atoms with Crippen LogP contribution in [0, 0.1) is 5.92 Å². The van der Waals surface area contributed by atoms with Gasteiger partial charge in [0, 0.05) is 28.6 Å². The first-order chi connectivity index (χ1) is 17.0. The van der Waals surface area contributed by atoms with Gasteiger partial charge in [-0.2, -0.15) is 0 Å².